The zero-order valence-electron chi connectivity index (χ0n) is 18.9. The highest BCUT2D eigenvalue weighted by molar-refractivity contribution is 6.15. The predicted molar refractivity (Wildman–Crippen MR) is 129 cm³/mol. The minimum absolute atomic E-state index is 0.110. The van der Waals surface area contributed by atoms with Crippen LogP contribution in [0.2, 0.25) is 0 Å². The molecule has 4 heterocycles. The zero-order chi connectivity index (χ0) is 23.8. The average molecular weight is 469 g/mol. The van der Waals surface area contributed by atoms with Crippen molar-refractivity contribution in [1.82, 2.24) is 9.88 Å². The van der Waals surface area contributed by atoms with Gasteiger partial charge in [0.15, 0.2) is 11.9 Å². The molecule has 35 heavy (non-hydrogen) atoms. The molecular formula is C27H23N3O5. The summed E-state index contributed by atoms with van der Waals surface area (Å²) in [6.07, 6.45) is 0.776. The summed E-state index contributed by atoms with van der Waals surface area (Å²) in [5, 5.41) is 0.729. The summed E-state index contributed by atoms with van der Waals surface area (Å²) >= 11 is 0. The Kier molecular flexibility index (Phi) is 5.42. The molecule has 0 bridgehead atoms. The SMILES string of the molecule is O=C(C1CN(C(=O)c2cc(-c3ccco3)nc3ccccc23)c2ccccc2O1)N1CCOCC1. The first-order valence-corrected chi connectivity index (χ1v) is 11.6. The van der Waals surface area contributed by atoms with Crippen LogP contribution in [0, 0.1) is 0 Å². The highest BCUT2D eigenvalue weighted by Gasteiger charge is 2.37. The van der Waals surface area contributed by atoms with Crippen molar-refractivity contribution in [3.63, 3.8) is 0 Å². The molecule has 8 heteroatoms. The van der Waals surface area contributed by atoms with Gasteiger partial charge < -0.3 is 23.7 Å². The van der Waals surface area contributed by atoms with Crippen molar-refractivity contribution in [2.24, 2.45) is 0 Å². The van der Waals surface area contributed by atoms with Gasteiger partial charge in [-0.3, -0.25) is 9.59 Å². The number of morpholine rings is 1. The fourth-order valence-corrected chi connectivity index (χ4v) is 4.59. The Balaban J connectivity index is 1.41. The van der Waals surface area contributed by atoms with Gasteiger partial charge in [-0.1, -0.05) is 30.3 Å². The zero-order valence-corrected chi connectivity index (χ0v) is 18.9. The summed E-state index contributed by atoms with van der Waals surface area (Å²) in [6.45, 7) is 2.12. The third-order valence-corrected chi connectivity index (χ3v) is 6.34. The van der Waals surface area contributed by atoms with Gasteiger partial charge in [0, 0.05) is 18.5 Å². The minimum Gasteiger partial charge on any atom is -0.476 e. The lowest BCUT2D eigenvalue weighted by Crippen LogP contribution is -2.54. The second kappa shape index (κ2) is 8.88. The molecule has 2 aliphatic heterocycles. The molecule has 8 nitrogen and oxygen atoms in total. The number of ether oxygens (including phenoxy) is 2. The topological polar surface area (TPSA) is 85.1 Å². The van der Waals surface area contributed by atoms with Gasteiger partial charge in [0.05, 0.1) is 42.8 Å². The summed E-state index contributed by atoms with van der Waals surface area (Å²) in [4.78, 5) is 35.4. The number of furan rings is 1. The van der Waals surface area contributed by atoms with E-state index in [2.05, 4.69) is 0 Å². The molecular weight excluding hydrogens is 446 g/mol. The summed E-state index contributed by atoms with van der Waals surface area (Å²) in [6, 6.07) is 20.2. The van der Waals surface area contributed by atoms with Gasteiger partial charge in [0.1, 0.15) is 11.4 Å². The van der Waals surface area contributed by atoms with Gasteiger partial charge in [-0.25, -0.2) is 4.98 Å². The Bertz CT molecular complexity index is 1400. The van der Waals surface area contributed by atoms with Crippen LogP contribution < -0.4 is 9.64 Å². The maximum atomic E-state index is 14.1. The molecule has 2 aliphatic rings. The van der Waals surface area contributed by atoms with Crippen LogP contribution in [0.5, 0.6) is 5.75 Å². The van der Waals surface area contributed by atoms with Gasteiger partial charge >= 0.3 is 0 Å². The maximum Gasteiger partial charge on any atom is 0.265 e. The lowest BCUT2D eigenvalue weighted by molar-refractivity contribution is -0.142. The fourth-order valence-electron chi connectivity index (χ4n) is 4.59. The Labute approximate surface area is 201 Å². The average Bonchev–Trinajstić information content (AvgIpc) is 3.47. The van der Waals surface area contributed by atoms with Gasteiger partial charge in [0.25, 0.3) is 11.8 Å². The largest absolute Gasteiger partial charge is 0.476 e. The third-order valence-electron chi connectivity index (χ3n) is 6.34. The van der Waals surface area contributed by atoms with Crippen molar-refractivity contribution >= 4 is 28.4 Å². The van der Waals surface area contributed by atoms with Crippen LogP contribution in [-0.4, -0.2) is 60.7 Å². The molecule has 1 unspecified atom stereocenters. The minimum atomic E-state index is -0.801. The molecule has 0 saturated carbocycles. The number of pyridine rings is 1. The van der Waals surface area contributed by atoms with Crippen LogP contribution >= 0.6 is 0 Å². The van der Waals surface area contributed by atoms with E-state index in [1.54, 1.807) is 34.3 Å². The van der Waals surface area contributed by atoms with Crippen LogP contribution in [0.25, 0.3) is 22.4 Å². The van der Waals surface area contributed by atoms with E-state index in [-0.39, 0.29) is 18.4 Å². The Morgan fingerprint density at radius 3 is 2.57 bits per heavy atom. The molecule has 0 aliphatic carbocycles. The van der Waals surface area contributed by atoms with E-state index in [4.69, 9.17) is 18.9 Å². The molecule has 176 valence electrons. The van der Waals surface area contributed by atoms with Crippen molar-refractivity contribution in [2.45, 2.75) is 6.10 Å². The number of anilines is 1. The van der Waals surface area contributed by atoms with Gasteiger partial charge in [-0.15, -0.1) is 0 Å². The number of amides is 2. The van der Waals surface area contributed by atoms with Crippen LogP contribution in [0.15, 0.2) is 77.4 Å². The molecule has 0 radical (unpaired) electrons. The van der Waals surface area contributed by atoms with E-state index in [0.29, 0.717) is 60.3 Å². The van der Waals surface area contributed by atoms with Crippen molar-refractivity contribution < 1.29 is 23.5 Å². The molecule has 1 atom stereocenters. The van der Waals surface area contributed by atoms with Gasteiger partial charge in [-0.05, 0) is 36.4 Å². The molecule has 2 amide bonds. The number of hydrogen-bond donors (Lipinski definition) is 0. The number of fused-ring (bicyclic) bond motifs is 2. The first-order valence-electron chi connectivity index (χ1n) is 11.6. The van der Waals surface area contributed by atoms with Crippen molar-refractivity contribution in [3.8, 4) is 17.2 Å². The normalized spacial score (nSPS) is 17.7. The van der Waals surface area contributed by atoms with E-state index >= 15 is 0 Å². The first kappa shape index (κ1) is 21.4. The highest BCUT2D eigenvalue weighted by Crippen LogP contribution is 2.36. The van der Waals surface area contributed by atoms with Crippen molar-refractivity contribution in [2.75, 3.05) is 37.7 Å². The maximum absolute atomic E-state index is 14.1. The van der Waals surface area contributed by atoms with Gasteiger partial charge in [0.2, 0.25) is 0 Å². The van der Waals surface area contributed by atoms with Crippen molar-refractivity contribution in [1.29, 1.82) is 0 Å². The lowest BCUT2D eigenvalue weighted by Gasteiger charge is -2.37. The monoisotopic (exact) mass is 469 g/mol. The molecule has 2 aromatic heterocycles. The lowest BCUT2D eigenvalue weighted by atomic mass is 10.0. The van der Waals surface area contributed by atoms with Crippen LogP contribution in [0.4, 0.5) is 5.69 Å². The van der Waals surface area contributed by atoms with E-state index in [1.807, 2.05) is 48.5 Å². The Morgan fingerprint density at radius 1 is 0.943 bits per heavy atom. The number of nitrogens with zero attached hydrogens (tertiary/aromatic N) is 3. The molecule has 0 N–H and O–H groups in total. The first-order chi connectivity index (χ1) is 17.2. The number of rotatable bonds is 3. The number of hydrogen-bond acceptors (Lipinski definition) is 6. The highest BCUT2D eigenvalue weighted by atomic mass is 16.5. The van der Waals surface area contributed by atoms with E-state index in [1.165, 1.54) is 0 Å². The fraction of sp³-hybridized carbons (Fsp3) is 0.222. The van der Waals surface area contributed by atoms with Gasteiger partial charge in [-0.2, -0.15) is 0 Å². The quantitative estimate of drug-likeness (QED) is 0.454. The number of para-hydroxylation sites is 3. The molecule has 2 aromatic carbocycles. The number of carbonyl (C=O) groups excluding carboxylic acids is 2. The number of aromatic nitrogens is 1. The number of benzene rings is 2. The summed E-state index contributed by atoms with van der Waals surface area (Å²) in [7, 11) is 0. The van der Waals surface area contributed by atoms with E-state index in [9.17, 15) is 9.59 Å². The molecule has 0 spiro atoms. The predicted octanol–water partition coefficient (Wildman–Crippen LogP) is 3.76. The smallest absolute Gasteiger partial charge is 0.265 e. The van der Waals surface area contributed by atoms with Crippen LogP contribution in [-0.2, 0) is 9.53 Å². The third kappa shape index (κ3) is 3.91. The second-order valence-electron chi connectivity index (χ2n) is 8.48. The second-order valence-corrected chi connectivity index (χ2v) is 8.48. The molecule has 4 aromatic rings. The number of carbonyl (C=O) groups is 2. The molecule has 1 saturated heterocycles. The van der Waals surface area contributed by atoms with E-state index in [0.717, 1.165) is 5.39 Å². The van der Waals surface area contributed by atoms with Crippen molar-refractivity contribution in [3.05, 3.63) is 78.6 Å². The summed E-state index contributed by atoms with van der Waals surface area (Å²) in [5.74, 6) is 0.708. The summed E-state index contributed by atoms with van der Waals surface area (Å²) in [5.41, 5.74) is 2.37. The molecule has 6 rings (SSSR count). The molecule has 1 fully saturated rings. The van der Waals surface area contributed by atoms with Crippen LogP contribution in [0.3, 0.4) is 0 Å². The standard InChI is InChI=1S/C27H23N3O5/c31-26(19-16-21(23-10-5-13-34-23)28-20-7-2-1-6-18(19)20)30-17-25(27(32)29-11-14-33-15-12-29)35-24-9-4-3-8-22(24)30/h1-10,13,16,25H,11-12,14-15,17H2. The summed E-state index contributed by atoms with van der Waals surface area (Å²) < 4.78 is 17.0. The van der Waals surface area contributed by atoms with Crippen LogP contribution in [0.1, 0.15) is 10.4 Å². The van der Waals surface area contributed by atoms with E-state index < -0.39 is 6.10 Å². The Hall–Kier alpha value is -4.17. The Morgan fingerprint density at radius 2 is 1.74 bits per heavy atom.